The molecule has 0 atom stereocenters. The van der Waals surface area contributed by atoms with Crippen molar-refractivity contribution in [1.29, 1.82) is 0 Å². The van der Waals surface area contributed by atoms with Crippen LogP contribution in [-0.2, 0) is 15.6 Å². The van der Waals surface area contributed by atoms with Crippen molar-refractivity contribution >= 4 is 11.5 Å². The van der Waals surface area contributed by atoms with Gasteiger partial charge < -0.3 is 5.11 Å². The van der Waals surface area contributed by atoms with E-state index in [1.54, 1.807) is 6.08 Å². The molecule has 0 aliphatic heterocycles. The fraction of sp³-hybridized carbons (Fsp3) is 0.435. The van der Waals surface area contributed by atoms with Crippen molar-refractivity contribution in [2.24, 2.45) is 0 Å². The summed E-state index contributed by atoms with van der Waals surface area (Å²) in [4.78, 5) is 10.6. The third-order valence-corrected chi connectivity index (χ3v) is 5.39. The summed E-state index contributed by atoms with van der Waals surface area (Å²) >= 11 is 0. The van der Waals surface area contributed by atoms with Crippen LogP contribution in [0.25, 0.3) is 5.57 Å². The third kappa shape index (κ3) is 4.50. The number of benzene rings is 1. The van der Waals surface area contributed by atoms with Crippen LogP contribution in [0.3, 0.4) is 0 Å². The Bertz CT molecular complexity index is 758. The molecule has 0 spiro atoms. The van der Waals surface area contributed by atoms with E-state index in [0.29, 0.717) is 0 Å². The molecule has 0 heterocycles. The number of hydrogen-bond acceptors (Lipinski definition) is 1. The highest BCUT2D eigenvalue weighted by Gasteiger charge is 2.36. The molecular weight excluding hydrogens is 308 g/mol. The average molecular weight is 338 g/mol. The molecule has 0 saturated heterocycles. The van der Waals surface area contributed by atoms with Gasteiger partial charge in [0.2, 0.25) is 0 Å². The lowest BCUT2D eigenvalue weighted by molar-refractivity contribution is -0.131. The van der Waals surface area contributed by atoms with Crippen molar-refractivity contribution in [3.63, 3.8) is 0 Å². The Hall–Kier alpha value is -2.09. The summed E-state index contributed by atoms with van der Waals surface area (Å²) in [5.74, 6) is -0.923. The number of carbonyl (C=O) groups is 1. The Morgan fingerprint density at radius 1 is 0.960 bits per heavy atom. The number of carboxylic acid groups (broad SMARTS) is 1. The minimum atomic E-state index is -0.923. The molecular formula is C23H30O2. The molecule has 0 radical (unpaired) electrons. The monoisotopic (exact) mass is 338 g/mol. The molecule has 2 heteroatoms. The van der Waals surface area contributed by atoms with Crippen LogP contribution >= 0.6 is 0 Å². The maximum absolute atomic E-state index is 10.6. The maximum atomic E-state index is 10.6. The molecule has 0 aromatic heterocycles. The lowest BCUT2D eigenvalue weighted by atomic mass is 9.63. The molecule has 2 rings (SSSR count). The summed E-state index contributed by atoms with van der Waals surface area (Å²) in [5, 5.41) is 8.69. The van der Waals surface area contributed by atoms with Crippen molar-refractivity contribution in [2.75, 3.05) is 0 Å². The van der Waals surface area contributed by atoms with Crippen LogP contribution in [0.2, 0.25) is 0 Å². The molecule has 2 nitrogen and oxygen atoms in total. The van der Waals surface area contributed by atoms with E-state index in [1.807, 2.05) is 13.0 Å². The molecule has 0 amide bonds. The highest BCUT2D eigenvalue weighted by molar-refractivity contribution is 5.80. The van der Waals surface area contributed by atoms with Gasteiger partial charge in [-0.15, -0.1) is 0 Å². The highest BCUT2D eigenvalue weighted by atomic mass is 16.4. The number of carboxylic acids is 1. The maximum Gasteiger partial charge on any atom is 0.328 e. The first kappa shape index (κ1) is 19.2. The zero-order valence-electron chi connectivity index (χ0n) is 16.3. The van der Waals surface area contributed by atoms with Gasteiger partial charge in [0.05, 0.1) is 0 Å². The van der Waals surface area contributed by atoms with Gasteiger partial charge in [-0.05, 0) is 59.8 Å². The van der Waals surface area contributed by atoms with Crippen molar-refractivity contribution in [1.82, 2.24) is 0 Å². The Labute approximate surface area is 152 Å². The fourth-order valence-electron chi connectivity index (χ4n) is 3.44. The van der Waals surface area contributed by atoms with Gasteiger partial charge in [0.1, 0.15) is 0 Å². The lowest BCUT2D eigenvalue weighted by Crippen LogP contribution is -2.33. The van der Waals surface area contributed by atoms with Crippen LogP contribution in [0.5, 0.6) is 0 Å². The largest absolute Gasteiger partial charge is 0.478 e. The molecule has 0 saturated carbocycles. The van der Waals surface area contributed by atoms with Crippen molar-refractivity contribution < 1.29 is 9.90 Å². The van der Waals surface area contributed by atoms with Crippen LogP contribution in [0.15, 0.2) is 48.1 Å². The second-order valence-corrected chi connectivity index (χ2v) is 8.46. The van der Waals surface area contributed by atoms with Gasteiger partial charge in [-0.25, -0.2) is 4.79 Å². The molecule has 1 aliphatic carbocycles. The van der Waals surface area contributed by atoms with E-state index in [2.05, 4.69) is 58.9 Å². The van der Waals surface area contributed by atoms with E-state index < -0.39 is 5.97 Å². The smallest absolute Gasteiger partial charge is 0.328 e. The van der Waals surface area contributed by atoms with Crippen LogP contribution < -0.4 is 0 Å². The number of allylic oxidation sites excluding steroid dienone is 5. The molecule has 25 heavy (non-hydrogen) atoms. The fourth-order valence-corrected chi connectivity index (χ4v) is 3.44. The molecule has 1 N–H and O–H groups in total. The lowest BCUT2D eigenvalue weighted by Gasteiger charge is -2.42. The SMILES string of the molecule is C/C(=C/C=C(C)/C=C/C(=O)O)c1ccc2c(c1)C(C)(C)CCC2(C)C. The van der Waals surface area contributed by atoms with E-state index >= 15 is 0 Å². The second kappa shape index (κ2) is 7.03. The van der Waals surface area contributed by atoms with Crippen LogP contribution in [0.1, 0.15) is 71.1 Å². The predicted octanol–water partition coefficient (Wildman–Crippen LogP) is 6.03. The molecule has 0 unspecified atom stereocenters. The van der Waals surface area contributed by atoms with Crippen molar-refractivity contribution in [2.45, 2.75) is 65.2 Å². The van der Waals surface area contributed by atoms with E-state index in [9.17, 15) is 4.79 Å². The van der Waals surface area contributed by atoms with Gasteiger partial charge in [0, 0.05) is 6.08 Å². The average Bonchev–Trinajstić information content (AvgIpc) is 2.54. The molecule has 134 valence electrons. The van der Waals surface area contributed by atoms with Crippen LogP contribution in [-0.4, -0.2) is 11.1 Å². The minimum Gasteiger partial charge on any atom is -0.478 e. The van der Waals surface area contributed by atoms with Gasteiger partial charge in [0.25, 0.3) is 0 Å². The first-order chi connectivity index (χ1) is 11.5. The van der Waals surface area contributed by atoms with Gasteiger partial charge in [-0.2, -0.15) is 0 Å². The summed E-state index contributed by atoms with van der Waals surface area (Å²) in [6.45, 7) is 13.4. The topological polar surface area (TPSA) is 37.3 Å². The van der Waals surface area contributed by atoms with Crippen LogP contribution in [0, 0.1) is 0 Å². The van der Waals surface area contributed by atoms with Gasteiger partial charge in [-0.3, -0.25) is 0 Å². The first-order valence-corrected chi connectivity index (χ1v) is 8.94. The van der Waals surface area contributed by atoms with Gasteiger partial charge >= 0.3 is 5.97 Å². The Morgan fingerprint density at radius 3 is 2.16 bits per heavy atom. The number of fused-ring (bicyclic) bond motifs is 1. The van der Waals surface area contributed by atoms with Gasteiger partial charge in [0.15, 0.2) is 0 Å². The Morgan fingerprint density at radius 2 is 1.56 bits per heavy atom. The number of rotatable bonds is 4. The minimum absolute atomic E-state index is 0.205. The quantitative estimate of drug-likeness (QED) is 0.538. The van der Waals surface area contributed by atoms with E-state index in [-0.39, 0.29) is 10.8 Å². The Kier molecular flexibility index (Phi) is 5.41. The molecule has 1 aromatic rings. The zero-order valence-corrected chi connectivity index (χ0v) is 16.3. The highest BCUT2D eigenvalue weighted by Crippen LogP contribution is 2.46. The molecule has 1 aliphatic rings. The summed E-state index contributed by atoms with van der Waals surface area (Å²) in [7, 11) is 0. The Balaban J connectivity index is 2.37. The van der Waals surface area contributed by atoms with Crippen molar-refractivity contribution in [3.8, 4) is 0 Å². The van der Waals surface area contributed by atoms with E-state index in [4.69, 9.17) is 5.11 Å². The standard InChI is InChI=1S/C23H30O2/c1-16(8-12-21(24)25)7-9-17(2)18-10-11-19-20(15-18)23(5,6)14-13-22(19,3)4/h7-12,15H,13-14H2,1-6H3,(H,24,25)/b12-8+,16-7+,17-9-. The second-order valence-electron chi connectivity index (χ2n) is 8.46. The summed E-state index contributed by atoms with van der Waals surface area (Å²) in [6.07, 6.45) is 9.23. The molecule has 1 aromatic carbocycles. The normalized spacial score (nSPS) is 19.8. The summed E-state index contributed by atoms with van der Waals surface area (Å²) in [5.41, 5.74) is 6.70. The predicted molar refractivity (Wildman–Crippen MR) is 106 cm³/mol. The first-order valence-electron chi connectivity index (χ1n) is 8.94. The molecule has 0 bridgehead atoms. The van der Waals surface area contributed by atoms with Gasteiger partial charge in [-0.1, -0.05) is 69.7 Å². The third-order valence-electron chi connectivity index (χ3n) is 5.39. The van der Waals surface area contributed by atoms with Crippen molar-refractivity contribution in [3.05, 3.63) is 64.8 Å². The van der Waals surface area contributed by atoms with E-state index in [1.165, 1.54) is 41.2 Å². The summed E-state index contributed by atoms with van der Waals surface area (Å²) in [6, 6.07) is 6.85. The van der Waals surface area contributed by atoms with Crippen LogP contribution in [0.4, 0.5) is 0 Å². The van der Waals surface area contributed by atoms with E-state index in [0.717, 1.165) is 5.57 Å². The summed E-state index contributed by atoms with van der Waals surface area (Å²) < 4.78 is 0. The zero-order chi connectivity index (χ0) is 18.8. The number of aliphatic carboxylic acids is 1. The number of hydrogen-bond donors (Lipinski definition) is 1. The molecule has 0 fully saturated rings.